The summed E-state index contributed by atoms with van der Waals surface area (Å²) in [7, 11) is 0. The van der Waals surface area contributed by atoms with E-state index in [1.807, 2.05) is 0 Å². The van der Waals surface area contributed by atoms with Gasteiger partial charge in [0.2, 0.25) is 0 Å². The molecule has 21 heavy (non-hydrogen) atoms. The summed E-state index contributed by atoms with van der Waals surface area (Å²) in [5.74, 6) is 0.157. The number of hydrogen-bond acceptors (Lipinski definition) is 5. The third-order valence-corrected chi connectivity index (χ3v) is 3.66. The van der Waals surface area contributed by atoms with Crippen molar-refractivity contribution in [2.24, 2.45) is 0 Å². The molecule has 0 radical (unpaired) electrons. The van der Waals surface area contributed by atoms with E-state index < -0.39 is 11.7 Å². The number of H-pyrrole nitrogens is 1. The number of anilines is 1. The highest BCUT2D eigenvalue weighted by atomic mass is 32.2. The van der Waals surface area contributed by atoms with Gasteiger partial charge in [0.15, 0.2) is 17.0 Å². The predicted molar refractivity (Wildman–Crippen MR) is 71.7 cm³/mol. The van der Waals surface area contributed by atoms with Gasteiger partial charge in [-0.3, -0.25) is 5.10 Å². The van der Waals surface area contributed by atoms with E-state index in [4.69, 9.17) is 5.73 Å². The summed E-state index contributed by atoms with van der Waals surface area (Å²) in [6, 6.07) is 5.30. The topological polar surface area (TPSA) is 80.5 Å². The zero-order chi connectivity index (χ0) is 15.0. The molecule has 0 saturated heterocycles. The summed E-state index contributed by atoms with van der Waals surface area (Å²) in [6.45, 7) is 0. The van der Waals surface area contributed by atoms with Crippen LogP contribution in [0.1, 0.15) is 5.56 Å². The normalized spacial score (nSPS) is 12.0. The highest BCUT2D eigenvalue weighted by molar-refractivity contribution is 7.99. The molecule has 0 unspecified atom stereocenters. The number of nitrogens with one attached hydrogen (secondary N) is 1. The molecule has 0 aliphatic carbocycles. The minimum absolute atomic E-state index is 0.0562. The van der Waals surface area contributed by atoms with Gasteiger partial charge in [0.05, 0.1) is 11.8 Å². The number of nitrogens with zero attached hydrogens (tertiary/aromatic N) is 3. The van der Waals surface area contributed by atoms with Crippen LogP contribution in [0.5, 0.6) is 0 Å². The third kappa shape index (κ3) is 2.64. The molecule has 3 N–H and O–H groups in total. The average Bonchev–Trinajstić information content (AvgIpc) is 2.80. The zero-order valence-corrected chi connectivity index (χ0v) is 11.2. The van der Waals surface area contributed by atoms with E-state index in [1.165, 1.54) is 24.4 Å². The SMILES string of the molecule is Nc1n[nH]c2ncc(Sc3ccccc3C(F)(F)F)nc12. The van der Waals surface area contributed by atoms with Gasteiger partial charge in [-0.05, 0) is 12.1 Å². The van der Waals surface area contributed by atoms with Crippen LogP contribution in [0, 0.1) is 0 Å². The quantitative estimate of drug-likeness (QED) is 0.760. The Hall–Kier alpha value is -2.29. The van der Waals surface area contributed by atoms with Crippen LogP contribution in [-0.2, 0) is 6.18 Å². The van der Waals surface area contributed by atoms with Gasteiger partial charge in [-0.25, -0.2) is 9.97 Å². The van der Waals surface area contributed by atoms with Gasteiger partial charge in [0, 0.05) is 4.90 Å². The van der Waals surface area contributed by atoms with Crippen LogP contribution in [0.25, 0.3) is 11.2 Å². The van der Waals surface area contributed by atoms with Crippen molar-refractivity contribution in [1.29, 1.82) is 0 Å². The van der Waals surface area contributed by atoms with Crippen molar-refractivity contribution < 1.29 is 13.2 Å². The van der Waals surface area contributed by atoms with Crippen LogP contribution in [0.3, 0.4) is 0 Å². The second-order valence-electron chi connectivity index (χ2n) is 4.11. The van der Waals surface area contributed by atoms with Crippen molar-refractivity contribution in [2.45, 2.75) is 16.1 Å². The number of nitrogen functional groups attached to an aromatic ring is 1. The van der Waals surface area contributed by atoms with Gasteiger partial charge < -0.3 is 5.73 Å². The summed E-state index contributed by atoms with van der Waals surface area (Å²) in [4.78, 5) is 8.25. The Labute approximate surface area is 120 Å². The molecule has 0 saturated carbocycles. The lowest BCUT2D eigenvalue weighted by Gasteiger charge is -2.11. The van der Waals surface area contributed by atoms with E-state index in [-0.39, 0.29) is 10.7 Å². The maximum atomic E-state index is 12.9. The van der Waals surface area contributed by atoms with E-state index >= 15 is 0 Å². The number of aromatic nitrogens is 4. The number of benzene rings is 1. The monoisotopic (exact) mass is 311 g/mol. The Morgan fingerprint density at radius 1 is 1.19 bits per heavy atom. The number of halogens is 3. The molecule has 0 bridgehead atoms. The van der Waals surface area contributed by atoms with Gasteiger partial charge in [-0.2, -0.15) is 18.3 Å². The molecule has 2 heterocycles. The van der Waals surface area contributed by atoms with Crippen molar-refractivity contribution in [3.8, 4) is 0 Å². The molecule has 3 aromatic rings. The predicted octanol–water partition coefficient (Wildman–Crippen LogP) is 3.11. The summed E-state index contributed by atoms with van der Waals surface area (Å²) >= 11 is 0.877. The third-order valence-electron chi connectivity index (χ3n) is 2.68. The molecule has 0 aliphatic rings. The van der Waals surface area contributed by atoms with Crippen molar-refractivity contribution >= 4 is 28.7 Å². The number of alkyl halides is 3. The van der Waals surface area contributed by atoms with Gasteiger partial charge in [0.1, 0.15) is 5.03 Å². The molecular weight excluding hydrogens is 303 g/mol. The van der Waals surface area contributed by atoms with Crippen molar-refractivity contribution in [2.75, 3.05) is 5.73 Å². The number of hydrogen-bond donors (Lipinski definition) is 2. The number of nitrogens with two attached hydrogens (primary N) is 1. The average molecular weight is 311 g/mol. The highest BCUT2D eigenvalue weighted by Gasteiger charge is 2.33. The second kappa shape index (κ2) is 4.92. The van der Waals surface area contributed by atoms with Gasteiger partial charge in [-0.15, -0.1) is 0 Å². The summed E-state index contributed by atoms with van der Waals surface area (Å²) < 4.78 is 38.8. The Morgan fingerprint density at radius 3 is 2.71 bits per heavy atom. The molecule has 1 aromatic carbocycles. The van der Waals surface area contributed by atoms with Crippen LogP contribution in [0.2, 0.25) is 0 Å². The van der Waals surface area contributed by atoms with Crippen LogP contribution >= 0.6 is 11.8 Å². The van der Waals surface area contributed by atoms with Crippen LogP contribution in [-0.4, -0.2) is 20.2 Å². The Balaban J connectivity index is 2.01. The summed E-state index contributed by atoms with van der Waals surface area (Å²) in [6.07, 6.45) is -3.05. The lowest BCUT2D eigenvalue weighted by Crippen LogP contribution is -2.06. The fraction of sp³-hybridized carbons (Fsp3) is 0.0833. The minimum atomic E-state index is -4.42. The van der Waals surface area contributed by atoms with Crippen molar-refractivity contribution in [3.63, 3.8) is 0 Å². The molecule has 0 atom stereocenters. The van der Waals surface area contributed by atoms with Gasteiger partial charge >= 0.3 is 6.18 Å². The molecule has 9 heteroatoms. The van der Waals surface area contributed by atoms with E-state index in [9.17, 15) is 13.2 Å². The molecule has 5 nitrogen and oxygen atoms in total. The first-order valence-electron chi connectivity index (χ1n) is 5.76. The number of rotatable bonds is 2. The zero-order valence-electron chi connectivity index (χ0n) is 10.3. The highest BCUT2D eigenvalue weighted by Crippen LogP contribution is 2.38. The fourth-order valence-electron chi connectivity index (χ4n) is 1.75. The first-order chi connectivity index (χ1) is 9.95. The van der Waals surface area contributed by atoms with E-state index in [2.05, 4.69) is 20.2 Å². The Morgan fingerprint density at radius 2 is 1.95 bits per heavy atom. The molecule has 2 aromatic heterocycles. The van der Waals surface area contributed by atoms with Gasteiger partial charge in [0.25, 0.3) is 0 Å². The lowest BCUT2D eigenvalue weighted by atomic mass is 10.2. The minimum Gasteiger partial charge on any atom is -0.380 e. The number of fused-ring (bicyclic) bond motifs is 1. The van der Waals surface area contributed by atoms with E-state index in [0.717, 1.165) is 17.8 Å². The van der Waals surface area contributed by atoms with Crippen LogP contribution in [0.4, 0.5) is 19.0 Å². The molecular formula is C12H8F3N5S. The summed E-state index contributed by atoms with van der Waals surface area (Å²) in [5, 5.41) is 6.63. The Kier molecular flexibility index (Phi) is 3.20. The van der Waals surface area contributed by atoms with E-state index in [1.54, 1.807) is 0 Å². The van der Waals surface area contributed by atoms with Gasteiger partial charge in [-0.1, -0.05) is 23.9 Å². The van der Waals surface area contributed by atoms with Crippen molar-refractivity contribution in [3.05, 3.63) is 36.0 Å². The first-order valence-corrected chi connectivity index (χ1v) is 6.57. The molecule has 0 fully saturated rings. The standard InChI is InChI=1S/C12H8F3N5S/c13-12(14,15)6-3-1-2-4-7(6)21-8-5-17-11-9(18-8)10(16)19-20-11/h1-5H,(H3,16,17,19,20). The van der Waals surface area contributed by atoms with Crippen molar-refractivity contribution in [1.82, 2.24) is 20.2 Å². The molecule has 108 valence electrons. The Bertz CT molecular complexity index is 799. The number of aromatic amines is 1. The molecule has 0 aliphatic heterocycles. The maximum absolute atomic E-state index is 12.9. The van der Waals surface area contributed by atoms with Crippen LogP contribution < -0.4 is 5.73 Å². The largest absolute Gasteiger partial charge is 0.417 e. The van der Waals surface area contributed by atoms with E-state index in [0.29, 0.717) is 16.2 Å². The smallest absolute Gasteiger partial charge is 0.380 e. The molecule has 3 rings (SSSR count). The lowest BCUT2D eigenvalue weighted by molar-refractivity contribution is -0.139. The maximum Gasteiger partial charge on any atom is 0.417 e. The molecule has 0 amide bonds. The summed E-state index contributed by atoms with van der Waals surface area (Å²) in [5.41, 5.74) is 5.62. The first kappa shape index (κ1) is 13.7. The van der Waals surface area contributed by atoms with Crippen LogP contribution in [0.15, 0.2) is 40.4 Å². The molecule has 0 spiro atoms. The second-order valence-corrected chi connectivity index (χ2v) is 5.17. The fourth-order valence-corrected chi connectivity index (χ4v) is 2.66.